The molecule has 2 spiro atoms. The number of anilines is 1. The molecular weight excluding hydrogens is 502 g/mol. The Morgan fingerprint density at radius 1 is 0.875 bits per heavy atom. The molecule has 0 bridgehead atoms. The van der Waals surface area contributed by atoms with Gasteiger partial charge in [0, 0.05) is 50.1 Å². The number of ether oxygens (including phenoxy) is 1. The van der Waals surface area contributed by atoms with Gasteiger partial charge < -0.3 is 15.4 Å². The van der Waals surface area contributed by atoms with Crippen molar-refractivity contribution >= 4 is 22.8 Å². The molecule has 4 fully saturated rings. The zero-order valence-corrected chi connectivity index (χ0v) is 22.7. The third-order valence-corrected chi connectivity index (χ3v) is 9.74. The number of nitrogen functional groups attached to an aromatic ring is 1. The molecule has 8 rings (SSSR count). The van der Waals surface area contributed by atoms with Gasteiger partial charge in [-0.05, 0) is 67.5 Å². The fraction of sp³-hybridized carbons (Fsp3) is 0.419. The summed E-state index contributed by atoms with van der Waals surface area (Å²) in [6.45, 7) is 5.87. The van der Waals surface area contributed by atoms with E-state index in [9.17, 15) is 4.79 Å². The molecule has 2 saturated heterocycles. The van der Waals surface area contributed by atoms with Crippen molar-refractivity contribution in [3.05, 3.63) is 60.9 Å². The number of likely N-dealkylation sites (tertiary alicyclic amines) is 2. The molecule has 0 atom stereocenters. The second kappa shape index (κ2) is 8.51. The minimum atomic E-state index is 0.211. The van der Waals surface area contributed by atoms with E-state index >= 15 is 0 Å². The first kappa shape index (κ1) is 23.9. The molecule has 2 N–H and O–H groups in total. The van der Waals surface area contributed by atoms with Crippen LogP contribution in [0.3, 0.4) is 0 Å². The molecule has 2 aromatic heterocycles. The van der Waals surface area contributed by atoms with E-state index in [1.165, 1.54) is 19.2 Å². The molecule has 4 aromatic rings. The molecule has 2 aromatic carbocycles. The van der Waals surface area contributed by atoms with Gasteiger partial charge in [-0.15, -0.1) is 0 Å². The average Bonchev–Trinajstić information content (AvgIpc) is 3.24. The molecular formula is C31H33N7O2. The minimum absolute atomic E-state index is 0.211. The Bertz CT molecular complexity index is 1590. The van der Waals surface area contributed by atoms with Crippen LogP contribution in [0.1, 0.15) is 38.6 Å². The lowest BCUT2D eigenvalue weighted by Crippen LogP contribution is -2.75. The first-order valence-electron chi connectivity index (χ1n) is 14.2. The molecule has 4 heterocycles. The van der Waals surface area contributed by atoms with E-state index in [-0.39, 0.29) is 5.91 Å². The third kappa shape index (κ3) is 3.71. The van der Waals surface area contributed by atoms with Gasteiger partial charge in [-0.2, -0.15) is 5.10 Å². The van der Waals surface area contributed by atoms with Crippen molar-refractivity contribution in [2.45, 2.75) is 44.7 Å². The van der Waals surface area contributed by atoms with Crippen molar-refractivity contribution in [3.8, 4) is 22.8 Å². The van der Waals surface area contributed by atoms with Crippen molar-refractivity contribution in [3.63, 3.8) is 0 Å². The number of carbonyl (C=O) groups is 1. The Balaban J connectivity index is 0.953. The summed E-state index contributed by atoms with van der Waals surface area (Å²) >= 11 is 0. The van der Waals surface area contributed by atoms with Crippen molar-refractivity contribution in [2.24, 2.45) is 10.8 Å². The van der Waals surface area contributed by atoms with Crippen LogP contribution in [0.5, 0.6) is 11.5 Å². The van der Waals surface area contributed by atoms with Gasteiger partial charge >= 0.3 is 0 Å². The Kier molecular flexibility index (Phi) is 5.08. The highest BCUT2D eigenvalue weighted by molar-refractivity contribution is 5.98. The van der Waals surface area contributed by atoms with Crippen LogP contribution in [0.4, 0.5) is 5.82 Å². The van der Waals surface area contributed by atoms with Crippen LogP contribution < -0.4 is 10.5 Å². The summed E-state index contributed by atoms with van der Waals surface area (Å²) in [5.74, 6) is 2.24. The summed E-state index contributed by atoms with van der Waals surface area (Å²) < 4.78 is 8.07. The van der Waals surface area contributed by atoms with Crippen molar-refractivity contribution in [1.29, 1.82) is 0 Å². The molecule has 9 heteroatoms. The molecule has 2 saturated carbocycles. The Morgan fingerprint density at radius 3 is 2.25 bits per heavy atom. The second-order valence-corrected chi connectivity index (χ2v) is 12.6. The molecule has 2 aliphatic heterocycles. The molecule has 4 aliphatic rings. The van der Waals surface area contributed by atoms with Gasteiger partial charge in [0.25, 0.3) is 0 Å². The minimum Gasteiger partial charge on any atom is -0.457 e. The molecule has 40 heavy (non-hydrogen) atoms. The lowest BCUT2D eigenvalue weighted by molar-refractivity contribution is -0.182. The Labute approximate surface area is 232 Å². The van der Waals surface area contributed by atoms with Crippen molar-refractivity contribution in [2.75, 3.05) is 31.9 Å². The number of nitrogens with two attached hydrogens (primary N) is 1. The maximum atomic E-state index is 11.6. The predicted molar refractivity (Wildman–Crippen MR) is 152 cm³/mol. The van der Waals surface area contributed by atoms with E-state index < -0.39 is 0 Å². The Hall–Kier alpha value is -3.98. The van der Waals surface area contributed by atoms with Crippen molar-refractivity contribution in [1.82, 2.24) is 29.5 Å². The summed E-state index contributed by atoms with van der Waals surface area (Å²) in [5, 5.41) is 5.89. The lowest BCUT2D eigenvalue weighted by atomic mass is 9.51. The second-order valence-electron chi connectivity index (χ2n) is 12.6. The molecule has 204 valence electrons. The highest BCUT2D eigenvalue weighted by Crippen LogP contribution is 2.63. The highest BCUT2D eigenvalue weighted by Gasteiger charge is 2.60. The number of rotatable bonds is 5. The number of fused-ring (bicyclic) bond motifs is 1. The zero-order chi connectivity index (χ0) is 27.1. The topological polar surface area (TPSA) is 102 Å². The van der Waals surface area contributed by atoms with Crippen LogP contribution in [-0.2, 0) is 4.79 Å². The standard InChI is InChI=1S/C31H33N7O2/c1-20(39)36-15-31(16-36)17-37(18-31)22-11-30(12-22)13-23(14-30)38-29-26(28(32)33-19-34-29)27(35-38)21-7-9-25(10-8-21)40-24-5-3-2-4-6-24/h2-10,19,22-23H,11-18H2,1H3,(H2,32,33,34). The van der Waals surface area contributed by atoms with Gasteiger partial charge in [-0.3, -0.25) is 9.69 Å². The van der Waals surface area contributed by atoms with Crippen molar-refractivity contribution < 1.29 is 9.53 Å². The van der Waals surface area contributed by atoms with Crippen LogP contribution in [-0.4, -0.2) is 67.7 Å². The number of amides is 1. The quantitative estimate of drug-likeness (QED) is 0.401. The van der Waals surface area contributed by atoms with E-state index in [0.29, 0.717) is 28.7 Å². The number of nitrogens with zero attached hydrogens (tertiary/aromatic N) is 6. The largest absolute Gasteiger partial charge is 0.457 e. The van der Waals surface area contributed by atoms with Gasteiger partial charge in [0.2, 0.25) is 5.91 Å². The molecule has 2 aliphatic carbocycles. The summed E-state index contributed by atoms with van der Waals surface area (Å²) in [6.07, 6.45) is 6.33. The van der Waals surface area contributed by atoms with Gasteiger partial charge in [0.15, 0.2) is 5.65 Å². The van der Waals surface area contributed by atoms with E-state index in [1.807, 2.05) is 59.5 Å². The summed E-state index contributed by atoms with van der Waals surface area (Å²) in [7, 11) is 0. The maximum Gasteiger partial charge on any atom is 0.219 e. The monoisotopic (exact) mass is 535 g/mol. The summed E-state index contributed by atoms with van der Waals surface area (Å²) in [5.41, 5.74) is 9.78. The predicted octanol–water partition coefficient (Wildman–Crippen LogP) is 4.52. The van der Waals surface area contributed by atoms with Crippen LogP contribution in [0, 0.1) is 10.8 Å². The average molecular weight is 536 g/mol. The van der Waals surface area contributed by atoms with Crippen LogP contribution in [0.25, 0.3) is 22.3 Å². The maximum absolute atomic E-state index is 11.6. The van der Waals surface area contributed by atoms with Gasteiger partial charge in [-0.25, -0.2) is 14.6 Å². The summed E-state index contributed by atoms with van der Waals surface area (Å²) in [6, 6.07) is 18.7. The van der Waals surface area contributed by atoms with Crippen LogP contribution in [0.15, 0.2) is 60.9 Å². The first-order chi connectivity index (χ1) is 19.4. The molecule has 0 unspecified atom stereocenters. The summed E-state index contributed by atoms with van der Waals surface area (Å²) in [4.78, 5) is 25.1. The molecule has 0 radical (unpaired) electrons. The fourth-order valence-corrected chi connectivity index (χ4v) is 7.66. The van der Waals surface area contributed by atoms with E-state index in [4.69, 9.17) is 15.6 Å². The number of hydrogen-bond donors (Lipinski definition) is 1. The smallest absolute Gasteiger partial charge is 0.219 e. The van der Waals surface area contributed by atoms with E-state index in [0.717, 1.165) is 72.8 Å². The SMILES string of the molecule is CC(=O)N1CC2(C1)CN(C1CC3(C1)CC(n1nc(-c4ccc(Oc5ccccc5)cc4)c4c(N)ncnc41)C3)C2. The van der Waals surface area contributed by atoms with E-state index in [2.05, 4.69) is 19.5 Å². The van der Waals surface area contributed by atoms with Gasteiger partial charge in [-0.1, -0.05) is 18.2 Å². The molecule has 9 nitrogen and oxygen atoms in total. The number of aromatic nitrogens is 4. The number of carbonyl (C=O) groups excluding carboxylic acids is 1. The number of para-hydroxylation sites is 1. The van der Waals surface area contributed by atoms with E-state index in [1.54, 1.807) is 6.92 Å². The third-order valence-electron chi connectivity index (χ3n) is 9.74. The number of benzene rings is 2. The normalized spacial score (nSPS) is 26.7. The molecule has 1 amide bonds. The highest BCUT2D eigenvalue weighted by atomic mass is 16.5. The fourth-order valence-electron chi connectivity index (χ4n) is 7.66. The zero-order valence-electron chi connectivity index (χ0n) is 22.7. The number of hydrogen-bond acceptors (Lipinski definition) is 7. The lowest BCUT2D eigenvalue weighted by Gasteiger charge is -2.67. The van der Waals surface area contributed by atoms with Gasteiger partial charge in [0.1, 0.15) is 29.3 Å². The van der Waals surface area contributed by atoms with Crippen LogP contribution >= 0.6 is 0 Å². The first-order valence-corrected chi connectivity index (χ1v) is 14.2. The Morgan fingerprint density at radius 2 is 1.55 bits per heavy atom. The van der Waals surface area contributed by atoms with Crippen LogP contribution in [0.2, 0.25) is 0 Å². The van der Waals surface area contributed by atoms with Gasteiger partial charge in [0.05, 0.1) is 11.4 Å².